The molecule has 3 N–H and O–H groups in total. The summed E-state index contributed by atoms with van der Waals surface area (Å²) in [4.78, 5) is 0. The van der Waals surface area contributed by atoms with Crippen LogP contribution in [0, 0.1) is 0 Å². The summed E-state index contributed by atoms with van der Waals surface area (Å²) in [5.74, 6) is 0. The van der Waals surface area contributed by atoms with E-state index >= 15 is 0 Å². The zero-order valence-electron chi connectivity index (χ0n) is 5.78. The van der Waals surface area contributed by atoms with Crippen molar-refractivity contribution in [3.8, 4) is 0 Å². The maximum atomic E-state index is 9.44. The molecule has 0 amide bonds. The van der Waals surface area contributed by atoms with Crippen LogP contribution in [0.15, 0.2) is 0 Å². The van der Waals surface area contributed by atoms with Crippen molar-refractivity contribution in [2.45, 2.75) is 12.0 Å². The molecule has 0 saturated carbocycles. The summed E-state index contributed by atoms with van der Waals surface area (Å²) < 4.78 is 0. The molecule has 0 radical (unpaired) electrons. The van der Waals surface area contributed by atoms with E-state index in [1.807, 2.05) is 7.05 Å². The lowest BCUT2D eigenvalue weighted by atomic mass is 9.93. The minimum Gasteiger partial charge on any atom is -0.387 e. The first-order valence-electron chi connectivity index (χ1n) is 3.34. The second-order valence-electron chi connectivity index (χ2n) is 2.68. The van der Waals surface area contributed by atoms with Crippen LogP contribution in [-0.4, -0.2) is 37.4 Å². The first kappa shape index (κ1) is 6.99. The third kappa shape index (κ3) is 1.64. The van der Waals surface area contributed by atoms with Crippen molar-refractivity contribution in [2.24, 2.45) is 0 Å². The Hall–Kier alpha value is -0.120. The van der Waals surface area contributed by atoms with Crippen LogP contribution in [0.5, 0.6) is 0 Å². The van der Waals surface area contributed by atoms with E-state index in [1.165, 1.54) is 0 Å². The van der Waals surface area contributed by atoms with Crippen LogP contribution >= 0.6 is 0 Å². The second-order valence-corrected chi connectivity index (χ2v) is 2.68. The Balaban J connectivity index is 2.09. The SMILES string of the molecule is CNCCC1(O)CNC1. The molecule has 0 bridgehead atoms. The van der Waals surface area contributed by atoms with Gasteiger partial charge in [-0.05, 0) is 20.0 Å². The quantitative estimate of drug-likeness (QED) is 0.456. The van der Waals surface area contributed by atoms with E-state index in [0.29, 0.717) is 0 Å². The average Bonchev–Trinajstić information content (AvgIpc) is 1.79. The molecular weight excluding hydrogens is 116 g/mol. The fraction of sp³-hybridized carbons (Fsp3) is 1.00. The van der Waals surface area contributed by atoms with Crippen molar-refractivity contribution in [3.05, 3.63) is 0 Å². The highest BCUT2D eigenvalue weighted by Gasteiger charge is 2.32. The number of hydrogen-bond donors (Lipinski definition) is 3. The highest BCUT2D eigenvalue weighted by molar-refractivity contribution is 4.92. The van der Waals surface area contributed by atoms with E-state index in [-0.39, 0.29) is 0 Å². The molecule has 1 aliphatic rings. The van der Waals surface area contributed by atoms with Crippen molar-refractivity contribution < 1.29 is 5.11 Å². The third-order valence-corrected chi connectivity index (χ3v) is 1.75. The van der Waals surface area contributed by atoms with Gasteiger partial charge in [0.15, 0.2) is 0 Å². The minimum absolute atomic E-state index is 0.400. The van der Waals surface area contributed by atoms with Crippen molar-refractivity contribution >= 4 is 0 Å². The number of β-amino-alcohol motifs (C(OH)–C–C–N with tert-alkyl or cyclic N) is 1. The molecule has 54 valence electrons. The van der Waals surface area contributed by atoms with Gasteiger partial charge in [-0.25, -0.2) is 0 Å². The molecule has 1 aliphatic heterocycles. The first-order chi connectivity index (χ1) is 4.27. The van der Waals surface area contributed by atoms with Crippen molar-refractivity contribution in [1.29, 1.82) is 0 Å². The van der Waals surface area contributed by atoms with E-state index in [0.717, 1.165) is 26.1 Å². The van der Waals surface area contributed by atoms with Crippen LogP contribution in [0.1, 0.15) is 6.42 Å². The molecule has 1 fully saturated rings. The summed E-state index contributed by atoms with van der Waals surface area (Å²) >= 11 is 0. The molecule has 0 atom stereocenters. The van der Waals surface area contributed by atoms with Crippen LogP contribution in [0.25, 0.3) is 0 Å². The molecule has 3 heteroatoms. The summed E-state index contributed by atoms with van der Waals surface area (Å²) in [6.45, 7) is 2.42. The van der Waals surface area contributed by atoms with Gasteiger partial charge in [-0.1, -0.05) is 0 Å². The average molecular weight is 130 g/mol. The molecule has 0 aliphatic carbocycles. The van der Waals surface area contributed by atoms with Gasteiger partial charge in [0.2, 0.25) is 0 Å². The molecular formula is C6H14N2O. The Morgan fingerprint density at radius 1 is 1.67 bits per heavy atom. The summed E-state index contributed by atoms with van der Waals surface area (Å²) in [6.07, 6.45) is 0.858. The normalized spacial score (nSPS) is 23.3. The Morgan fingerprint density at radius 3 is 2.67 bits per heavy atom. The number of rotatable bonds is 3. The highest BCUT2D eigenvalue weighted by atomic mass is 16.3. The highest BCUT2D eigenvalue weighted by Crippen LogP contribution is 2.13. The van der Waals surface area contributed by atoms with Gasteiger partial charge in [0.1, 0.15) is 0 Å². The summed E-state index contributed by atoms with van der Waals surface area (Å²) in [5.41, 5.74) is -0.400. The van der Waals surface area contributed by atoms with E-state index in [1.54, 1.807) is 0 Å². The third-order valence-electron chi connectivity index (χ3n) is 1.75. The zero-order chi connectivity index (χ0) is 6.74. The zero-order valence-corrected chi connectivity index (χ0v) is 5.78. The van der Waals surface area contributed by atoms with Crippen LogP contribution in [0.4, 0.5) is 0 Å². The maximum absolute atomic E-state index is 9.44. The smallest absolute Gasteiger partial charge is 0.0907 e. The molecule has 1 saturated heterocycles. The van der Waals surface area contributed by atoms with Crippen LogP contribution in [0.2, 0.25) is 0 Å². The van der Waals surface area contributed by atoms with E-state index in [2.05, 4.69) is 10.6 Å². The van der Waals surface area contributed by atoms with Gasteiger partial charge < -0.3 is 15.7 Å². The van der Waals surface area contributed by atoms with Crippen LogP contribution in [0.3, 0.4) is 0 Å². The van der Waals surface area contributed by atoms with E-state index < -0.39 is 5.60 Å². The number of hydrogen-bond acceptors (Lipinski definition) is 3. The van der Waals surface area contributed by atoms with Gasteiger partial charge >= 0.3 is 0 Å². The van der Waals surface area contributed by atoms with Crippen LogP contribution in [-0.2, 0) is 0 Å². The monoisotopic (exact) mass is 130 g/mol. The molecule has 0 aromatic rings. The Kier molecular flexibility index (Phi) is 2.05. The van der Waals surface area contributed by atoms with Crippen molar-refractivity contribution in [1.82, 2.24) is 10.6 Å². The van der Waals surface area contributed by atoms with Gasteiger partial charge in [0.05, 0.1) is 5.60 Å². The lowest BCUT2D eigenvalue weighted by Crippen LogP contribution is -2.60. The molecule has 9 heavy (non-hydrogen) atoms. The fourth-order valence-corrected chi connectivity index (χ4v) is 0.948. The van der Waals surface area contributed by atoms with Gasteiger partial charge in [-0.15, -0.1) is 0 Å². The van der Waals surface area contributed by atoms with Gasteiger partial charge in [0.25, 0.3) is 0 Å². The molecule has 0 unspecified atom stereocenters. The summed E-state index contributed by atoms with van der Waals surface area (Å²) in [7, 11) is 1.90. The van der Waals surface area contributed by atoms with Gasteiger partial charge in [0, 0.05) is 13.1 Å². The topological polar surface area (TPSA) is 44.3 Å². The van der Waals surface area contributed by atoms with Crippen LogP contribution < -0.4 is 10.6 Å². The molecule has 1 heterocycles. The summed E-state index contributed by atoms with van der Waals surface area (Å²) in [5, 5.41) is 15.5. The Labute approximate surface area is 55.5 Å². The standard InChI is InChI=1S/C6H14N2O/c1-7-3-2-6(9)4-8-5-6/h7-9H,2-5H2,1H3. The summed E-state index contributed by atoms with van der Waals surface area (Å²) in [6, 6.07) is 0. The molecule has 3 nitrogen and oxygen atoms in total. The lowest BCUT2D eigenvalue weighted by Gasteiger charge is -2.37. The molecule has 0 aromatic carbocycles. The number of aliphatic hydroxyl groups is 1. The minimum atomic E-state index is -0.400. The Morgan fingerprint density at radius 2 is 2.33 bits per heavy atom. The molecule has 1 rings (SSSR count). The number of nitrogens with one attached hydrogen (secondary N) is 2. The lowest BCUT2D eigenvalue weighted by molar-refractivity contribution is -0.0161. The van der Waals surface area contributed by atoms with Crippen molar-refractivity contribution in [2.75, 3.05) is 26.7 Å². The largest absolute Gasteiger partial charge is 0.387 e. The first-order valence-corrected chi connectivity index (χ1v) is 3.34. The second kappa shape index (κ2) is 2.64. The predicted octanol–water partition coefficient (Wildman–Crippen LogP) is -1.07. The maximum Gasteiger partial charge on any atom is 0.0907 e. The van der Waals surface area contributed by atoms with Crippen molar-refractivity contribution in [3.63, 3.8) is 0 Å². The molecule has 0 spiro atoms. The molecule has 0 aromatic heterocycles. The fourth-order valence-electron chi connectivity index (χ4n) is 0.948. The Bertz CT molecular complexity index is 91.1. The van der Waals surface area contributed by atoms with Gasteiger partial charge in [-0.3, -0.25) is 0 Å². The van der Waals surface area contributed by atoms with E-state index in [9.17, 15) is 5.11 Å². The predicted molar refractivity (Wildman–Crippen MR) is 36.4 cm³/mol. The van der Waals surface area contributed by atoms with Gasteiger partial charge in [-0.2, -0.15) is 0 Å². The van der Waals surface area contributed by atoms with E-state index in [4.69, 9.17) is 0 Å².